The summed E-state index contributed by atoms with van der Waals surface area (Å²) in [6.07, 6.45) is 1.82. The zero-order chi connectivity index (χ0) is 20.5. The number of amides is 1. The van der Waals surface area contributed by atoms with E-state index in [-0.39, 0.29) is 11.9 Å². The normalized spacial score (nSPS) is 12.1. The first-order valence-corrected chi connectivity index (χ1v) is 11.1. The van der Waals surface area contributed by atoms with Gasteiger partial charge >= 0.3 is 0 Å². The van der Waals surface area contributed by atoms with E-state index in [2.05, 4.69) is 46.5 Å². The number of rotatable bonds is 5. The number of carbonyl (C=O) groups excluding carboxylic acids is 1. The third kappa shape index (κ3) is 4.16. The molecule has 4 rings (SSSR count). The molecule has 1 aromatic carbocycles. The minimum atomic E-state index is -0.139. The van der Waals surface area contributed by atoms with E-state index in [0.29, 0.717) is 5.69 Å². The minimum Gasteiger partial charge on any atom is -0.357 e. The summed E-state index contributed by atoms with van der Waals surface area (Å²) < 4.78 is 0. The molecule has 4 aromatic rings. The van der Waals surface area contributed by atoms with Crippen LogP contribution >= 0.6 is 22.7 Å². The Hall–Kier alpha value is -2.77. The fourth-order valence-corrected chi connectivity index (χ4v) is 4.83. The third-order valence-electron chi connectivity index (χ3n) is 4.71. The van der Waals surface area contributed by atoms with Crippen LogP contribution in [0.25, 0.3) is 21.8 Å². The second-order valence-electron chi connectivity index (χ2n) is 7.08. The van der Waals surface area contributed by atoms with Crippen LogP contribution in [0.1, 0.15) is 44.6 Å². The quantitative estimate of drug-likeness (QED) is 0.435. The molecule has 0 saturated heterocycles. The Kier molecular flexibility index (Phi) is 5.34. The Morgan fingerprint density at radius 1 is 1.10 bits per heavy atom. The van der Waals surface area contributed by atoms with Gasteiger partial charge in [-0.2, -0.15) is 0 Å². The summed E-state index contributed by atoms with van der Waals surface area (Å²) in [7, 11) is 0. The molecule has 29 heavy (non-hydrogen) atoms. The van der Waals surface area contributed by atoms with Crippen molar-refractivity contribution in [2.24, 2.45) is 0 Å². The van der Waals surface area contributed by atoms with E-state index in [1.807, 2.05) is 38.4 Å². The highest BCUT2D eigenvalue weighted by Gasteiger charge is 2.19. The summed E-state index contributed by atoms with van der Waals surface area (Å²) in [5.41, 5.74) is 5.60. The van der Waals surface area contributed by atoms with E-state index in [4.69, 9.17) is 4.98 Å². The van der Waals surface area contributed by atoms with E-state index < -0.39 is 0 Å². The van der Waals surface area contributed by atoms with Gasteiger partial charge in [-0.1, -0.05) is 29.8 Å². The van der Waals surface area contributed by atoms with Gasteiger partial charge in [0.15, 0.2) is 0 Å². The van der Waals surface area contributed by atoms with Gasteiger partial charge in [0.25, 0.3) is 5.91 Å². The number of nitrogens with one attached hydrogen (secondary N) is 2. The number of nitrogens with zero attached hydrogens (tertiary/aromatic N) is 2. The van der Waals surface area contributed by atoms with E-state index in [1.165, 1.54) is 5.56 Å². The van der Waals surface area contributed by atoms with Crippen molar-refractivity contribution in [1.82, 2.24) is 20.3 Å². The van der Waals surface area contributed by atoms with Gasteiger partial charge in [-0.25, -0.2) is 9.97 Å². The van der Waals surface area contributed by atoms with Crippen molar-refractivity contribution in [2.75, 3.05) is 0 Å². The molecular formula is C22H22N4OS2. The Balaban J connectivity index is 1.49. The summed E-state index contributed by atoms with van der Waals surface area (Å²) in [6, 6.07) is 10.1. The van der Waals surface area contributed by atoms with Crippen LogP contribution < -0.4 is 5.32 Å². The summed E-state index contributed by atoms with van der Waals surface area (Å²) in [4.78, 5) is 26.0. The van der Waals surface area contributed by atoms with E-state index >= 15 is 0 Å². The lowest BCUT2D eigenvalue weighted by Gasteiger charge is -2.12. The van der Waals surface area contributed by atoms with E-state index in [1.54, 1.807) is 22.7 Å². The highest BCUT2D eigenvalue weighted by atomic mass is 32.1. The Labute approximate surface area is 177 Å². The minimum absolute atomic E-state index is 0.132. The Morgan fingerprint density at radius 2 is 1.86 bits per heavy atom. The van der Waals surface area contributed by atoms with Gasteiger partial charge < -0.3 is 10.3 Å². The van der Waals surface area contributed by atoms with Crippen LogP contribution in [0.4, 0.5) is 0 Å². The van der Waals surface area contributed by atoms with Gasteiger partial charge in [-0.15, -0.1) is 22.7 Å². The van der Waals surface area contributed by atoms with Crippen molar-refractivity contribution in [3.05, 3.63) is 68.7 Å². The number of aryl methyl sites for hydroxylation is 3. The lowest BCUT2D eigenvalue weighted by molar-refractivity contribution is 0.0936. The van der Waals surface area contributed by atoms with Crippen LogP contribution in [-0.2, 0) is 0 Å². The molecule has 3 aromatic heterocycles. The topological polar surface area (TPSA) is 70.7 Å². The SMILES string of the molecule is Cc1ccc(-c2nc(C)c(C(C)NC(=O)c3cc(-c4csc(C)n4)c[nH]3)s2)cc1. The molecule has 0 aliphatic carbocycles. The maximum absolute atomic E-state index is 12.7. The molecule has 2 N–H and O–H groups in total. The molecule has 1 unspecified atom stereocenters. The number of aromatic amines is 1. The largest absolute Gasteiger partial charge is 0.357 e. The number of hydrogen-bond donors (Lipinski definition) is 2. The molecule has 0 saturated carbocycles. The molecule has 5 nitrogen and oxygen atoms in total. The van der Waals surface area contributed by atoms with Crippen LogP contribution in [0.2, 0.25) is 0 Å². The number of aromatic nitrogens is 3. The lowest BCUT2D eigenvalue weighted by atomic mass is 10.2. The first-order chi connectivity index (χ1) is 13.9. The average Bonchev–Trinajstić information content (AvgIpc) is 3.41. The Bertz CT molecular complexity index is 1150. The first kappa shape index (κ1) is 19.5. The fourth-order valence-electron chi connectivity index (χ4n) is 3.14. The summed E-state index contributed by atoms with van der Waals surface area (Å²) >= 11 is 3.22. The highest BCUT2D eigenvalue weighted by molar-refractivity contribution is 7.15. The van der Waals surface area contributed by atoms with Crippen molar-refractivity contribution in [1.29, 1.82) is 0 Å². The maximum atomic E-state index is 12.7. The molecule has 3 heterocycles. The number of thiazole rings is 2. The fraction of sp³-hybridized carbons (Fsp3) is 0.227. The third-order valence-corrected chi connectivity index (χ3v) is 6.88. The van der Waals surface area contributed by atoms with Gasteiger partial charge in [0.05, 0.1) is 27.3 Å². The zero-order valence-electron chi connectivity index (χ0n) is 16.7. The van der Waals surface area contributed by atoms with Crippen LogP contribution in [0.5, 0.6) is 0 Å². The Morgan fingerprint density at radius 3 is 2.55 bits per heavy atom. The van der Waals surface area contributed by atoms with Crippen molar-refractivity contribution in [3.8, 4) is 21.8 Å². The molecule has 0 aliphatic heterocycles. The number of hydrogen-bond acceptors (Lipinski definition) is 5. The summed E-state index contributed by atoms with van der Waals surface area (Å²) in [5.74, 6) is -0.139. The van der Waals surface area contributed by atoms with Crippen LogP contribution in [0.3, 0.4) is 0 Å². The van der Waals surface area contributed by atoms with Gasteiger partial charge in [-0.3, -0.25) is 4.79 Å². The predicted molar refractivity (Wildman–Crippen MR) is 120 cm³/mol. The molecule has 148 valence electrons. The number of benzene rings is 1. The van der Waals surface area contributed by atoms with Gasteiger partial charge in [0, 0.05) is 22.7 Å². The molecule has 0 spiro atoms. The molecule has 1 atom stereocenters. The highest BCUT2D eigenvalue weighted by Crippen LogP contribution is 2.32. The van der Waals surface area contributed by atoms with Crippen LogP contribution in [-0.4, -0.2) is 20.9 Å². The van der Waals surface area contributed by atoms with Crippen molar-refractivity contribution in [3.63, 3.8) is 0 Å². The molecule has 0 bridgehead atoms. The smallest absolute Gasteiger partial charge is 0.268 e. The molecule has 0 aliphatic rings. The number of H-pyrrole nitrogens is 1. The van der Waals surface area contributed by atoms with Gasteiger partial charge in [0.2, 0.25) is 0 Å². The molecular weight excluding hydrogens is 400 g/mol. The second kappa shape index (κ2) is 7.93. The van der Waals surface area contributed by atoms with E-state index in [0.717, 1.165) is 37.4 Å². The van der Waals surface area contributed by atoms with Gasteiger partial charge in [-0.05, 0) is 33.8 Å². The standard InChI is InChI=1S/C22H22N4OS2/c1-12-5-7-16(8-6-12)22-25-14(3)20(29-22)13(2)24-21(27)18-9-17(10-23-18)19-11-28-15(4)26-19/h5-11,13,23H,1-4H3,(H,24,27). The average molecular weight is 423 g/mol. The summed E-state index contributed by atoms with van der Waals surface area (Å²) in [6.45, 7) is 8.02. The molecule has 0 radical (unpaired) electrons. The predicted octanol–water partition coefficient (Wildman–Crippen LogP) is 5.68. The van der Waals surface area contributed by atoms with E-state index in [9.17, 15) is 4.79 Å². The van der Waals surface area contributed by atoms with Crippen molar-refractivity contribution < 1.29 is 4.79 Å². The molecule has 1 amide bonds. The molecule has 7 heteroatoms. The maximum Gasteiger partial charge on any atom is 0.268 e. The summed E-state index contributed by atoms with van der Waals surface area (Å²) in [5, 5.41) is 7.05. The lowest BCUT2D eigenvalue weighted by Crippen LogP contribution is -2.26. The zero-order valence-corrected chi connectivity index (χ0v) is 18.4. The van der Waals surface area contributed by atoms with Crippen molar-refractivity contribution >= 4 is 28.6 Å². The molecule has 0 fully saturated rings. The number of carbonyl (C=O) groups is 1. The first-order valence-electron chi connectivity index (χ1n) is 9.37. The second-order valence-corrected chi connectivity index (χ2v) is 9.18. The monoisotopic (exact) mass is 422 g/mol. The van der Waals surface area contributed by atoms with Crippen molar-refractivity contribution in [2.45, 2.75) is 33.7 Å². The van der Waals surface area contributed by atoms with Crippen LogP contribution in [0.15, 0.2) is 41.9 Å². The van der Waals surface area contributed by atoms with Crippen LogP contribution in [0, 0.1) is 20.8 Å². The van der Waals surface area contributed by atoms with Gasteiger partial charge in [0.1, 0.15) is 10.7 Å².